The van der Waals surface area contributed by atoms with Crippen molar-refractivity contribution in [2.45, 2.75) is 64.3 Å². The molecule has 7 nitrogen and oxygen atoms in total. The normalized spacial score (nSPS) is 16.3. The molecule has 0 aromatic heterocycles. The van der Waals surface area contributed by atoms with Gasteiger partial charge in [-0.1, -0.05) is 30.3 Å². The van der Waals surface area contributed by atoms with E-state index in [1.54, 1.807) is 30.3 Å². The maximum absolute atomic E-state index is 14.1. The van der Waals surface area contributed by atoms with Gasteiger partial charge in [-0.25, -0.2) is 13.6 Å². The van der Waals surface area contributed by atoms with E-state index in [-0.39, 0.29) is 23.4 Å². The van der Waals surface area contributed by atoms with Crippen molar-refractivity contribution < 1.29 is 23.2 Å². The van der Waals surface area contributed by atoms with Gasteiger partial charge in [0, 0.05) is 43.2 Å². The minimum atomic E-state index is -0.584. The van der Waals surface area contributed by atoms with E-state index < -0.39 is 22.7 Å². The number of nitro benzene ring substituents is 1. The van der Waals surface area contributed by atoms with E-state index in [0.717, 1.165) is 22.3 Å². The fourth-order valence-corrected chi connectivity index (χ4v) is 4.89. The fraction of sp³-hybridized carbons (Fsp3) is 0.367. The van der Waals surface area contributed by atoms with Crippen molar-refractivity contribution in [2.24, 2.45) is 0 Å². The molecule has 0 bridgehead atoms. The highest BCUT2D eigenvalue weighted by Gasteiger charge is 2.30. The number of non-ortho nitro benzene ring substituents is 1. The SMILES string of the molecule is CC(C)(C)NC(=O)OC(Cc1ccc([N+](=O)[O-])cc1)CN1Cc2cc(F)ccc2CC1Cc1ccc(F)cc1. The Morgan fingerprint density at radius 1 is 1.03 bits per heavy atom. The zero-order valence-corrected chi connectivity index (χ0v) is 22.3. The Morgan fingerprint density at radius 2 is 1.67 bits per heavy atom. The van der Waals surface area contributed by atoms with Crippen molar-refractivity contribution in [3.8, 4) is 0 Å². The number of hydrogen-bond acceptors (Lipinski definition) is 5. The van der Waals surface area contributed by atoms with E-state index in [4.69, 9.17) is 4.74 Å². The lowest BCUT2D eigenvalue weighted by Gasteiger charge is -2.39. The number of carbonyl (C=O) groups excluding carboxylic acids is 1. The third-order valence-corrected chi connectivity index (χ3v) is 6.70. The van der Waals surface area contributed by atoms with Gasteiger partial charge in [-0.15, -0.1) is 0 Å². The van der Waals surface area contributed by atoms with Crippen LogP contribution in [-0.4, -0.2) is 40.1 Å². The summed E-state index contributed by atoms with van der Waals surface area (Å²) in [5.74, 6) is -0.615. The predicted octanol–water partition coefficient (Wildman–Crippen LogP) is 5.98. The molecule has 1 amide bonds. The summed E-state index contributed by atoms with van der Waals surface area (Å²) in [5.41, 5.74) is 3.16. The number of alkyl carbamates (subject to hydrolysis) is 1. The number of nitrogens with one attached hydrogen (secondary N) is 1. The summed E-state index contributed by atoms with van der Waals surface area (Å²) in [4.78, 5) is 25.6. The first-order valence-corrected chi connectivity index (χ1v) is 12.9. The highest BCUT2D eigenvalue weighted by Crippen LogP contribution is 2.28. The summed E-state index contributed by atoms with van der Waals surface area (Å²) in [5, 5.41) is 13.9. The van der Waals surface area contributed by atoms with Gasteiger partial charge in [-0.05, 0) is 80.1 Å². The van der Waals surface area contributed by atoms with Gasteiger partial charge in [0.1, 0.15) is 17.7 Å². The van der Waals surface area contributed by atoms with Crippen molar-refractivity contribution in [2.75, 3.05) is 6.54 Å². The number of carbonyl (C=O) groups is 1. The highest BCUT2D eigenvalue weighted by molar-refractivity contribution is 5.68. The highest BCUT2D eigenvalue weighted by atomic mass is 19.1. The molecule has 1 heterocycles. The molecule has 0 spiro atoms. The van der Waals surface area contributed by atoms with Crippen molar-refractivity contribution in [3.05, 3.63) is 111 Å². The standard InChI is InChI=1S/C30H33F2N3O4/c1-30(2,3)33-29(36)39-28(15-21-6-12-26(13-7-21)35(37)38)19-34-18-23-16-25(32)11-8-22(23)17-27(34)14-20-4-9-24(31)10-5-20/h4-13,16,27-28H,14-15,17-19H2,1-3H3,(H,33,36). The van der Waals surface area contributed by atoms with Crippen LogP contribution in [0.15, 0.2) is 66.7 Å². The number of rotatable bonds is 8. The third kappa shape index (κ3) is 8.07. The number of hydrogen-bond donors (Lipinski definition) is 1. The summed E-state index contributed by atoms with van der Waals surface area (Å²) in [7, 11) is 0. The summed E-state index contributed by atoms with van der Waals surface area (Å²) >= 11 is 0. The monoisotopic (exact) mass is 537 g/mol. The molecule has 0 saturated carbocycles. The second-order valence-electron chi connectivity index (χ2n) is 11.1. The van der Waals surface area contributed by atoms with E-state index in [0.29, 0.717) is 32.4 Å². The molecule has 4 rings (SSSR count). The fourth-order valence-electron chi connectivity index (χ4n) is 4.89. The average molecular weight is 538 g/mol. The lowest BCUT2D eigenvalue weighted by atomic mass is 9.89. The molecule has 3 aromatic carbocycles. The van der Waals surface area contributed by atoms with Gasteiger partial charge in [0.2, 0.25) is 0 Å². The quantitative estimate of drug-likeness (QED) is 0.282. The van der Waals surface area contributed by atoms with Crippen LogP contribution in [0.2, 0.25) is 0 Å². The predicted molar refractivity (Wildman–Crippen MR) is 144 cm³/mol. The molecule has 2 atom stereocenters. The molecule has 0 fully saturated rings. The van der Waals surface area contributed by atoms with Gasteiger partial charge in [0.05, 0.1) is 4.92 Å². The largest absolute Gasteiger partial charge is 0.445 e. The Bertz CT molecular complexity index is 1310. The summed E-state index contributed by atoms with van der Waals surface area (Å²) in [6.07, 6.45) is 0.485. The number of nitro groups is 1. The molecule has 39 heavy (non-hydrogen) atoms. The molecule has 1 aliphatic rings. The maximum Gasteiger partial charge on any atom is 0.407 e. The number of fused-ring (bicyclic) bond motifs is 1. The van der Waals surface area contributed by atoms with E-state index in [9.17, 15) is 23.7 Å². The molecule has 3 aromatic rings. The number of halogens is 2. The van der Waals surface area contributed by atoms with Crippen LogP contribution < -0.4 is 5.32 Å². The molecule has 206 valence electrons. The zero-order chi connectivity index (χ0) is 28.2. The van der Waals surface area contributed by atoms with Crippen molar-refractivity contribution in [1.29, 1.82) is 0 Å². The summed E-state index contributed by atoms with van der Waals surface area (Å²) in [6.45, 7) is 6.38. The van der Waals surface area contributed by atoms with Crippen molar-refractivity contribution >= 4 is 11.8 Å². The summed E-state index contributed by atoms with van der Waals surface area (Å²) in [6, 6.07) is 17.4. The Morgan fingerprint density at radius 3 is 2.31 bits per heavy atom. The number of benzene rings is 3. The minimum absolute atomic E-state index is 0.00191. The second-order valence-corrected chi connectivity index (χ2v) is 11.1. The molecule has 0 aliphatic carbocycles. The lowest BCUT2D eigenvalue weighted by Crippen LogP contribution is -2.48. The number of ether oxygens (including phenoxy) is 1. The van der Waals surface area contributed by atoms with E-state index in [1.165, 1.54) is 36.4 Å². The lowest BCUT2D eigenvalue weighted by molar-refractivity contribution is -0.384. The Labute approximate surface area is 226 Å². The molecule has 1 N–H and O–H groups in total. The van der Waals surface area contributed by atoms with Crippen LogP contribution in [0.4, 0.5) is 19.3 Å². The maximum atomic E-state index is 14.1. The first-order chi connectivity index (χ1) is 18.4. The minimum Gasteiger partial charge on any atom is -0.445 e. The molecule has 9 heteroatoms. The van der Waals surface area contributed by atoms with E-state index >= 15 is 0 Å². The third-order valence-electron chi connectivity index (χ3n) is 6.70. The summed E-state index contributed by atoms with van der Waals surface area (Å²) < 4.78 is 33.5. The van der Waals surface area contributed by atoms with Crippen LogP contribution in [0.25, 0.3) is 0 Å². The smallest absolute Gasteiger partial charge is 0.407 e. The Balaban J connectivity index is 1.60. The molecule has 0 saturated heterocycles. The van der Waals surface area contributed by atoms with Crippen LogP contribution in [0.1, 0.15) is 43.0 Å². The zero-order valence-electron chi connectivity index (χ0n) is 22.3. The second kappa shape index (κ2) is 11.9. The van der Waals surface area contributed by atoms with Gasteiger partial charge in [-0.3, -0.25) is 15.0 Å². The van der Waals surface area contributed by atoms with Crippen LogP contribution in [0, 0.1) is 21.7 Å². The Hall–Kier alpha value is -3.85. The van der Waals surface area contributed by atoms with Gasteiger partial charge >= 0.3 is 6.09 Å². The van der Waals surface area contributed by atoms with Crippen LogP contribution in [-0.2, 0) is 30.5 Å². The van der Waals surface area contributed by atoms with Gasteiger partial charge < -0.3 is 10.1 Å². The van der Waals surface area contributed by atoms with Crippen LogP contribution >= 0.6 is 0 Å². The van der Waals surface area contributed by atoms with Gasteiger partial charge in [-0.2, -0.15) is 0 Å². The average Bonchev–Trinajstić information content (AvgIpc) is 2.85. The first-order valence-electron chi connectivity index (χ1n) is 12.9. The van der Waals surface area contributed by atoms with Crippen molar-refractivity contribution in [3.63, 3.8) is 0 Å². The molecule has 2 unspecified atom stereocenters. The van der Waals surface area contributed by atoms with E-state index in [1.807, 2.05) is 20.8 Å². The molecular formula is C30H33F2N3O4. The molecular weight excluding hydrogens is 504 g/mol. The van der Waals surface area contributed by atoms with Crippen LogP contribution in [0.3, 0.4) is 0 Å². The van der Waals surface area contributed by atoms with E-state index in [2.05, 4.69) is 10.2 Å². The number of amides is 1. The molecule has 1 aliphatic heterocycles. The van der Waals surface area contributed by atoms with Gasteiger partial charge in [0.25, 0.3) is 5.69 Å². The topological polar surface area (TPSA) is 84.7 Å². The van der Waals surface area contributed by atoms with Crippen molar-refractivity contribution in [1.82, 2.24) is 10.2 Å². The van der Waals surface area contributed by atoms with Gasteiger partial charge in [0.15, 0.2) is 0 Å². The molecule has 0 radical (unpaired) electrons. The number of nitrogens with zero attached hydrogens (tertiary/aromatic N) is 2. The Kier molecular flexibility index (Phi) is 8.60. The first kappa shape index (κ1) is 28.2. The van der Waals surface area contributed by atoms with Crippen LogP contribution in [0.5, 0.6) is 0 Å².